The van der Waals surface area contributed by atoms with Gasteiger partial charge in [-0.05, 0) is 73.9 Å². The van der Waals surface area contributed by atoms with Gasteiger partial charge in [-0.15, -0.1) is 0 Å². The first-order chi connectivity index (χ1) is 13.9. The Bertz CT molecular complexity index is 863. The lowest BCUT2D eigenvalue weighted by Gasteiger charge is -2.38. The van der Waals surface area contributed by atoms with E-state index in [0.717, 1.165) is 38.1 Å². The van der Waals surface area contributed by atoms with Crippen molar-refractivity contribution in [3.05, 3.63) is 60.2 Å². The first-order valence-corrected chi connectivity index (χ1v) is 12.1. The first kappa shape index (κ1) is 21.8. The summed E-state index contributed by atoms with van der Waals surface area (Å²) in [5, 5.41) is -0.464. The minimum Gasteiger partial charge on any atom is -0.497 e. The van der Waals surface area contributed by atoms with Crippen LogP contribution >= 0.6 is 0 Å². The highest BCUT2D eigenvalue weighted by atomic mass is 32.2. The van der Waals surface area contributed by atoms with E-state index in [0.29, 0.717) is 23.2 Å². The van der Waals surface area contributed by atoms with Crippen LogP contribution in [0.3, 0.4) is 0 Å². The molecule has 4 nitrogen and oxygen atoms in total. The zero-order valence-corrected chi connectivity index (χ0v) is 18.6. The maximum absolute atomic E-state index is 13.5. The van der Waals surface area contributed by atoms with Crippen molar-refractivity contribution < 1.29 is 13.2 Å². The molecule has 0 amide bonds. The van der Waals surface area contributed by atoms with Crippen molar-refractivity contribution in [1.82, 2.24) is 4.90 Å². The highest BCUT2D eigenvalue weighted by molar-refractivity contribution is 7.92. The van der Waals surface area contributed by atoms with Gasteiger partial charge in [0, 0.05) is 6.54 Å². The van der Waals surface area contributed by atoms with Crippen LogP contribution in [-0.4, -0.2) is 38.9 Å². The number of ether oxygens (including phenoxy) is 1. The summed E-state index contributed by atoms with van der Waals surface area (Å²) < 4.78 is 32.3. The van der Waals surface area contributed by atoms with E-state index in [4.69, 9.17) is 4.74 Å². The Kier molecular flexibility index (Phi) is 7.36. The van der Waals surface area contributed by atoms with E-state index in [1.165, 1.54) is 5.56 Å². The molecule has 0 N–H and O–H groups in total. The maximum Gasteiger partial charge on any atom is 0.194 e. The molecule has 0 radical (unpaired) electrons. The fourth-order valence-electron chi connectivity index (χ4n) is 4.19. The van der Waals surface area contributed by atoms with Gasteiger partial charge in [0.1, 0.15) is 11.1 Å². The molecule has 2 atom stereocenters. The number of likely N-dealkylation sites (tertiary alicyclic amines) is 1. The number of methoxy groups -OCH3 is 1. The van der Waals surface area contributed by atoms with Crippen molar-refractivity contribution >= 4 is 9.84 Å². The molecule has 2 aromatic rings. The summed E-state index contributed by atoms with van der Waals surface area (Å²) in [7, 11) is -1.73. The molecule has 0 saturated carbocycles. The second-order valence-corrected chi connectivity index (χ2v) is 10.5. The van der Waals surface area contributed by atoms with Crippen molar-refractivity contribution in [3.63, 3.8) is 0 Å². The number of piperidine rings is 1. The Morgan fingerprint density at radius 2 is 1.72 bits per heavy atom. The van der Waals surface area contributed by atoms with Gasteiger partial charge in [0.2, 0.25) is 0 Å². The Morgan fingerprint density at radius 1 is 1.03 bits per heavy atom. The third kappa shape index (κ3) is 5.40. The van der Waals surface area contributed by atoms with Crippen LogP contribution in [0.2, 0.25) is 0 Å². The van der Waals surface area contributed by atoms with Crippen LogP contribution in [0.4, 0.5) is 0 Å². The summed E-state index contributed by atoms with van der Waals surface area (Å²) in [4.78, 5) is 2.64. The molecule has 1 fully saturated rings. The average Bonchev–Trinajstić information content (AvgIpc) is 2.74. The lowest BCUT2D eigenvalue weighted by atomic mass is 9.90. The molecule has 1 saturated heterocycles. The second-order valence-electron chi connectivity index (χ2n) is 8.39. The van der Waals surface area contributed by atoms with Gasteiger partial charge in [-0.1, -0.05) is 44.2 Å². The minimum absolute atomic E-state index is 0.349. The minimum atomic E-state index is -3.41. The van der Waals surface area contributed by atoms with Crippen LogP contribution in [0.25, 0.3) is 0 Å². The molecular formula is C24H33NO3S. The van der Waals surface area contributed by atoms with Crippen LogP contribution in [0.15, 0.2) is 59.5 Å². The number of nitrogens with zero attached hydrogens (tertiary/aromatic N) is 1. The van der Waals surface area contributed by atoms with Gasteiger partial charge in [0.05, 0.1) is 12.0 Å². The van der Waals surface area contributed by atoms with E-state index in [9.17, 15) is 8.42 Å². The van der Waals surface area contributed by atoms with Crippen molar-refractivity contribution in [2.24, 2.45) is 5.92 Å². The third-order valence-electron chi connectivity index (χ3n) is 5.87. The molecule has 2 unspecified atom stereocenters. The fraction of sp³-hybridized carbons (Fsp3) is 0.500. The number of benzene rings is 2. The third-order valence-corrected chi connectivity index (χ3v) is 8.05. The van der Waals surface area contributed by atoms with Gasteiger partial charge >= 0.3 is 0 Å². The van der Waals surface area contributed by atoms with Crippen molar-refractivity contribution in [2.75, 3.05) is 20.2 Å². The van der Waals surface area contributed by atoms with Crippen LogP contribution in [0.5, 0.6) is 5.75 Å². The number of hydrogen-bond donors (Lipinski definition) is 0. The summed E-state index contributed by atoms with van der Waals surface area (Å²) in [6.45, 7) is 5.92. The second kappa shape index (κ2) is 9.77. The van der Waals surface area contributed by atoms with Gasteiger partial charge in [-0.3, -0.25) is 4.90 Å². The topological polar surface area (TPSA) is 46.6 Å². The van der Waals surface area contributed by atoms with Gasteiger partial charge in [-0.2, -0.15) is 0 Å². The molecular weight excluding hydrogens is 382 g/mol. The SMILES string of the molecule is COc1ccc(C2CCCN(C(CCC(C)C)S(=O)(=O)c3ccccc3)C2)cc1. The molecule has 0 aliphatic carbocycles. The van der Waals surface area contributed by atoms with Crippen molar-refractivity contribution in [3.8, 4) is 5.75 Å². The first-order valence-electron chi connectivity index (χ1n) is 10.6. The molecule has 1 aliphatic rings. The molecule has 0 aromatic heterocycles. The fourth-order valence-corrected chi connectivity index (χ4v) is 6.07. The Balaban J connectivity index is 1.84. The summed E-state index contributed by atoms with van der Waals surface area (Å²) in [5.41, 5.74) is 1.26. The Labute approximate surface area is 175 Å². The summed E-state index contributed by atoms with van der Waals surface area (Å²) in [5.74, 6) is 1.68. The summed E-state index contributed by atoms with van der Waals surface area (Å²) in [6, 6.07) is 17.1. The number of hydrogen-bond acceptors (Lipinski definition) is 4. The standard InChI is InChI=1S/C24H33NO3S/c1-19(2)11-16-24(29(26,27)23-9-5-4-6-10-23)25-17-7-8-21(18-25)20-12-14-22(28-3)15-13-20/h4-6,9-10,12-15,19,21,24H,7-8,11,16-18H2,1-3H3. The van der Waals surface area contributed by atoms with Gasteiger partial charge < -0.3 is 4.74 Å². The molecule has 5 heteroatoms. The zero-order chi connectivity index (χ0) is 20.9. The highest BCUT2D eigenvalue weighted by Gasteiger charge is 2.35. The molecule has 1 heterocycles. The number of sulfone groups is 1. The zero-order valence-electron chi connectivity index (χ0n) is 17.8. The molecule has 29 heavy (non-hydrogen) atoms. The Hall–Kier alpha value is -1.85. The quantitative estimate of drug-likeness (QED) is 0.601. The predicted molar refractivity (Wildman–Crippen MR) is 118 cm³/mol. The number of rotatable bonds is 8. The maximum atomic E-state index is 13.5. The molecule has 0 bridgehead atoms. The summed E-state index contributed by atoms with van der Waals surface area (Å²) in [6.07, 6.45) is 3.68. The van der Waals surface area contributed by atoms with E-state index >= 15 is 0 Å². The molecule has 0 spiro atoms. The lowest BCUT2D eigenvalue weighted by Crippen LogP contribution is -2.46. The van der Waals surface area contributed by atoms with E-state index < -0.39 is 15.2 Å². The van der Waals surface area contributed by atoms with Crippen LogP contribution in [-0.2, 0) is 9.84 Å². The van der Waals surface area contributed by atoms with E-state index in [-0.39, 0.29) is 0 Å². The van der Waals surface area contributed by atoms with Crippen molar-refractivity contribution in [1.29, 1.82) is 0 Å². The van der Waals surface area contributed by atoms with Crippen LogP contribution < -0.4 is 4.74 Å². The van der Waals surface area contributed by atoms with Crippen molar-refractivity contribution in [2.45, 2.75) is 55.7 Å². The largest absolute Gasteiger partial charge is 0.497 e. The predicted octanol–water partition coefficient (Wildman–Crippen LogP) is 5.11. The van der Waals surface area contributed by atoms with Gasteiger partial charge in [0.25, 0.3) is 0 Å². The smallest absolute Gasteiger partial charge is 0.194 e. The Morgan fingerprint density at radius 3 is 2.34 bits per heavy atom. The van der Waals surface area contributed by atoms with Gasteiger partial charge in [0.15, 0.2) is 9.84 Å². The average molecular weight is 416 g/mol. The molecule has 2 aromatic carbocycles. The lowest BCUT2D eigenvalue weighted by molar-refractivity contribution is 0.177. The van der Waals surface area contributed by atoms with Gasteiger partial charge in [-0.25, -0.2) is 8.42 Å². The van der Waals surface area contributed by atoms with E-state index in [1.807, 2.05) is 30.3 Å². The van der Waals surface area contributed by atoms with E-state index in [1.54, 1.807) is 19.2 Å². The molecule has 3 rings (SSSR count). The monoisotopic (exact) mass is 415 g/mol. The van der Waals surface area contributed by atoms with E-state index in [2.05, 4.69) is 30.9 Å². The van der Waals surface area contributed by atoms with Crippen LogP contribution in [0.1, 0.15) is 51.0 Å². The highest BCUT2D eigenvalue weighted by Crippen LogP contribution is 2.33. The summed E-state index contributed by atoms with van der Waals surface area (Å²) >= 11 is 0. The molecule has 1 aliphatic heterocycles. The molecule has 158 valence electrons. The van der Waals surface area contributed by atoms with Crippen LogP contribution in [0, 0.1) is 5.92 Å². The normalized spacial score (nSPS) is 19.2.